The summed E-state index contributed by atoms with van der Waals surface area (Å²) >= 11 is 1.66. The number of ether oxygens (including phenoxy) is 1. The number of aromatic amines is 1. The first-order valence-corrected chi connectivity index (χ1v) is 10.2. The Bertz CT molecular complexity index is 1070. The molecule has 1 N–H and O–H groups in total. The summed E-state index contributed by atoms with van der Waals surface area (Å²) in [6.45, 7) is 0. The molecule has 0 spiro atoms. The van der Waals surface area contributed by atoms with Crippen LogP contribution in [-0.4, -0.2) is 28.0 Å². The average molecular weight is 405 g/mol. The molecule has 146 valence electrons. The van der Waals surface area contributed by atoms with Gasteiger partial charge in [-0.2, -0.15) is 5.10 Å². The van der Waals surface area contributed by atoms with E-state index in [1.807, 2.05) is 18.2 Å². The first kappa shape index (κ1) is 19.2. The van der Waals surface area contributed by atoms with Crippen LogP contribution in [0.2, 0.25) is 0 Å². The fourth-order valence-corrected chi connectivity index (χ4v) is 4.06. The van der Waals surface area contributed by atoms with Gasteiger partial charge in [-0.3, -0.25) is 10.1 Å². The van der Waals surface area contributed by atoms with Gasteiger partial charge in [-0.25, -0.2) is 4.39 Å². The molecule has 0 atom stereocenters. The Labute approximate surface area is 173 Å². The molecule has 3 aromatic rings. The second-order valence-electron chi connectivity index (χ2n) is 6.50. The maximum atomic E-state index is 13.4. The second kappa shape index (κ2) is 8.92. The molecule has 0 unspecified atom stereocenters. The van der Waals surface area contributed by atoms with Gasteiger partial charge in [0.15, 0.2) is 0 Å². The molecule has 0 saturated heterocycles. The van der Waals surface area contributed by atoms with Gasteiger partial charge >= 0.3 is 0 Å². The zero-order valence-electron chi connectivity index (χ0n) is 15.9. The first-order chi connectivity index (χ1) is 14.2. The van der Waals surface area contributed by atoms with Crippen LogP contribution in [0, 0.1) is 5.82 Å². The summed E-state index contributed by atoms with van der Waals surface area (Å²) in [5.74, 6) is 1.46. The van der Waals surface area contributed by atoms with Crippen molar-refractivity contribution in [2.45, 2.75) is 11.4 Å². The third kappa shape index (κ3) is 4.49. The van der Waals surface area contributed by atoms with E-state index >= 15 is 0 Å². The molecule has 0 fully saturated rings. The van der Waals surface area contributed by atoms with E-state index in [0.29, 0.717) is 0 Å². The zero-order chi connectivity index (χ0) is 20.1. The summed E-state index contributed by atoms with van der Waals surface area (Å²) in [6, 6.07) is 10.4. The number of halogens is 1. The Morgan fingerprint density at radius 1 is 1.07 bits per heavy atom. The summed E-state index contributed by atoms with van der Waals surface area (Å²) < 4.78 is 18.7. The van der Waals surface area contributed by atoms with E-state index in [9.17, 15) is 4.39 Å². The summed E-state index contributed by atoms with van der Waals surface area (Å²) in [4.78, 5) is 4.12. The Hall–Kier alpha value is -3.12. The molecule has 0 saturated carbocycles. The van der Waals surface area contributed by atoms with Gasteiger partial charge in [0.1, 0.15) is 10.8 Å². The molecule has 4 rings (SSSR count). The number of pyridine rings is 1. The van der Waals surface area contributed by atoms with Gasteiger partial charge in [0.05, 0.1) is 18.6 Å². The lowest BCUT2D eigenvalue weighted by Gasteiger charge is -2.07. The molecule has 0 radical (unpaired) electrons. The number of thioether (sulfide) groups is 1. The van der Waals surface area contributed by atoms with E-state index in [4.69, 9.17) is 4.74 Å². The quantitative estimate of drug-likeness (QED) is 0.528. The molecule has 1 aliphatic carbocycles. The SMILES string of the molecule is COC1=CC=C(CSc2n[nH]c(-c3ccc(F)cc3)c2-c2ccncc2)C=CC1. The Morgan fingerprint density at radius 2 is 1.86 bits per heavy atom. The summed E-state index contributed by atoms with van der Waals surface area (Å²) in [5, 5.41) is 8.60. The Balaban J connectivity index is 1.66. The number of nitrogens with one attached hydrogen (secondary N) is 1. The fourth-order valence-electron chi connectivity index (χ4n) is 3.09. The number of hydrogen-bond donors (Lipinski definition) is 1. The van der Waals surface area contributed by atoms with Crippen LogP contribution in [0.5, 0.6) is 0 Å². The van der Waals surface area contributed by atoms with Crippen LogP contribution in [0.15, 0.2) is 89.5 Å². The van der Waals surface area contributed by atoms with Crippen molar-refractivity contribution in [3.63, 3.8) is 0 Å². The minimum atomic E-state index is -0.260. The highest BCUT2D eigenvalue weighted by molar-refractivity contribution is 7.99. The van der Waals surface area contributed by atoms with E-state index in [1.54, 1.807) is 43.4 Å². The van der Waals surface area contributed by atoms with Gasteiger partial charge in [0, 0.05) is 35.7 Å². The van der Waals surface area contributed by atoms with Gasteiger partial charge in [-0.05, 0) is 53.6 Å². The van der Waals surface area contributed by atoms with Crippen molar-refractivity contribution in [3.8, 4) is 22.4 Å². The van der Waals surface area contributed by atoms with Crippen LogP contribution in [0.25, 0.3) is 22.4 Å². The number of nitrogens with zero attached hydrogens (tertiary/aromatic N) is 2. The molecule has 0 aliphatic heterocycles. The molecule has 6 heteroatoms. The smallest absolute Gasteiger partial charge is 0.127 e. The van der Waals surface area contributed by atoms with Crippen molar-refractivity contribution in [2.75, 3.05) is 12.9 Å². The largest absolute Gasteiger partial charge is 0.501 e. The summed E-state index contributed by atoms with van der Waals surface area (Å²) in [6.07, 6.45) is 12.6. The molecular formula is C23H20FN3OS. The summed E-state index contributed by atoms with van der Waals surface area (Å²) in [5.41, 5.74) is 4.95. The molecule has 4 nitrogen and oxygen atoms in total. The van der Waals surface area contributed by atoms with Crippen molar-refractivity contribution >= 4 is 11.8 Å². The van der Waals surface area contributed by atoms with Gasteiger partial charge in [0.2, 0.25) is 0 Å². The van der Waals surface area contributed by atoms with Gasteiger partial charge < -0.3 is 4.74 Å². The fraction of sp³-hybridized carbons (Fsp3) is 0.130. The monoisotopic (exact) mass is 405 g/mol. The standard InChI is InChI=1S/C23H20FN3OS/c1-28-20-4-2-3-16(5-10-20)15-29-23-21(17-11-13-25-14-12-17)22(26-27-23)18-6-8-19(24)9-7-18/h2-3,5-14H,4,15H2,1H3,(H,26,27). The van der Waals surface area contributed by atoms with Crippen molar-refractivity contribution < 1.29 is 9.13 Å². The molecule has 1 aliphatic rings. The van der Waals surface area contributed by atoms with Crippen LogP contribution in [0.3, 0.4) is 0 Å². The molecule has 1 aromatic carbocycles. The molecule has 2 heterocycles. The molecule has 2 aromatic heterocycles. The lowest BCUT2D eigenvalue weighted by Crippen LogP contribution is -1.87. The van der Waals surface area contributed by atoms with E-state index < -0.39 is 0 Å². The highest BCUT2D eigenvalue weighted by atomic mass is 32.2. The second-order valence-corrected chi connectivity index (χ2v) is 7.46. The minimum Gasteiger partial charge on any atom is -0.501 e. The van der Waals surface area contributed by atoms with E-state index in [0.717, 1.165) is 45.3 Å². The lowest BCUT2D eigenvalue weighted by molar-refractivity contribution is 0.285. The highest BCUT2D eigenvalue weighted by Crippen LogP contribution is 2.38. The normalized spacial score (nSPS) is 13.6. The lowest BCUT2D eigenvalue weighted by atomic mass is 10.0. The van der Waals surface area contributed by atoms with Crippen molar-refractivity contribution in [1.29, 1.82) is 0 Å². The summed E-state index contributed by atoms with van der Waals surface area (Å²) in [7, 11) is 1.69. The molecular weight excluding hydrogens is 385 g/mol. The van der Waals surface area contributed by atoms with Crippen LogP contribution in [0.4, 0.5) is 4.39 Å². The number of H-pyrrole nitrogens is 1. The first-order valence-electron chi connectivity index (χ1n) is 9.22. The third-order valence-electron chi connectivity index (χ3n) is 4.61. The van der Waals surface area contributed by atoms with Crippen LogP contribution in [-0.2, 0) is 4.74 Å². The number of methoxy groups -OCH3 is 1. The highest BCUT2D eigenvalue weighted by Gasteiger charge is 2.17. The van der Waals surface area contributed by atoms with Crippen molar-refractivity contribution in [2.24, 2.45) is 0 Å². The third-order valence-corrected chi connectivity index (χ3v) is 5.65. The predicted octanol–water partition coefficient (Wildman–Crippen LogP) is 5.79. The number of rotatable bonds is 6. The Kier molecular flexibility index (Phi) is 5.91. The zero-order valence-corrected chi connectivity index (χ0v) is 16.7. The maximum absolute atomic E-state index is 13.4. The predicted molar refractivity (Wildman–Crippen MR) is 115 cm³/mol. The number of benzene rings is 1. The van der Waals surface area contributed by atoms with Gasteiger partial charge in [0.25, 0.3) is 0 Å². The minimum absolute atomic E-state index is 0.260. The molecule has 29 heavy (non-hydrogen) atoms. The van der Waals surface area contributed by atoms with Crippen molar-refractivity contribution in [1.82, 2.24) is 15.2 Å². The average Bonchev–Trinajstić information content (AvgIpc) is 3.04. The van der Waals surface area contributed by atoms with E-state index in [1.165, 1.54) is 17.7 Å². The Morgan fingerprint density at radius 3 is 2.62 bits per heavy atom. The van der Waals surface area contributed by atoms with Crippen LogP contribution < -0.4 is 0 Å². The molecule has 0 amide bonds. The number of aromatic nitrogens is 3. The van der Waals surface area contributed by atoms with Crippen LogP contribution in [0.1, 0.15) is 6.42 Å². The van der Waals surface area contributed by atoms with Crippen molar-refractivity contribution in [3.05, 3.63) is 90.2 Å². The molecule has 0 bridgehead atoms. The van der Waals surface area contributed by atoms with Crippen LogP contribution >= 0.6 is 11.8 Å². The van der Waals surface area contributed by atoms with Gasteiger partial charge in [-0.15, -0.1) is 0 Å². The van der Waals surface area contributed by atoms with E-state index in [2.05, 4.69) is 33.4 Å². The number of hydrogen-bond acceptors (Lipinski definition) is 4. The van der Waals surface area contributed by atoms with E-state index in [-0.39, 0.29) is 5.82 Å². The number of allylic oxidation sites excluding steroid dienone is 4. The van der Waals surface area contributed by atoms with Gasteiger partial charge in [-0.1, -0.05) is 30.0 Å². The topological polar surface area (TPSA) is 50.8 Å². The maximum Gasteiger partial charge on any atom is 0.127 e.